The number of carbonyl (C=O) groups excluding carboxylic acids is 2. The number of nitrogens with one attached hydrogen (secondary N) is 1. The van der Waals surface area contributed by atoms with E-state index in [0.29, 0.717) is 37.0 Å². The van der Waals surface area contributed by atoms with Gasteiger partial charge in [0.2, 0.25) is 11.8 Å². The fourth-order valence-corrected chi connectivity index (χ4v) is 3.74. The van der Waals surface area contributed by atoms with Gasteiger partial charge in [0.25, 0.3) is 0 Å². The quantitative estimate of drug-likeness (QED) is 0.668. The number of fused-ring (bicyclic) bond motifs is 1. The van der Waals surface area contributed by atoms with Crippen molar-refractivity contribution in [1.29, 1.82) is 0 Å². The van der Waals surface area contributed by atoms with E-state index in [9.17, 15) is 9.59 Å². The molecule has 7 heteroatoms. The molecule has 0 spiro atoms. The zero-order valence-electron chi connectivity index (χ0n) is 19.1. The highest BCUT2D eigenvalue weighted by Crippen LogP contribution is 2.31. The fourth-order valence-electron chi connectivity index (χ4n) is 3.53. The van der Waals surface area contributed by atoms with E-state index in [1.54, 1.807) is 17.9 Å². The van der Waals surface area contributed by atoms with Crippen LogP contribution in [0, 0.1) is 0 Å². The zero-order valence-corrected chi connectivity index (χ0v) is 19.9. The number of aryl methyl sites for hydroxylation is 1. The number of benzene rings is 2. The lowest BCUT2D eigenvalue weighted by molar-refractivity contribution is -0.141. The summed E-state index contributed by atoms with van der Waals surface area (Å²) in [6.45, 7) is 8.88. The van der Waals surface area contributed by atoms with Gasteiger partial charge in [0, 0.05) is 23.5 Å². The van der Waals surface area contributed by atoms with Crippen LogP contribution in [0.5, 0.6) is 11.5 Å². The minimum atomic E-state index is -0.624. The van der Waals surface area contributed by atoms with Gasteiger partial charge in [-0.1, -0.05) is 29.8 Å². The van der Waals surface area contributed by atoms with Gasteiger partial charge >= 0.3 is 0 Å². The Balaban J connectivity index is 1.73. The van der Waals surface area contributed by atoms with Crippen molar-refractivity contribution >= 4 is 23.4 Å². The molecule has 0 unspecified atom stereocenters. The third kappa shape index (κ3) is 6.63. The summed E-state index contributed by atoms with van der Waals surface area (Å²) in [4.78, 5) is 27.7. The molecule has 2 aromatic carbocycles. The Morgan fingerprint density at radius 1 is 1.06 bits per heavy atom. The summed E-state index contributed by atoms with van der Waals surface area (Å²) in [7, 11) is 0. The van der Waals surface area contributed by atoms with Gasteiger partial charge in [0.15, 0.2) is 11.5 Å². The van der Waals surface area contributed by atoms with Crippen molar-refractivity contribution in [2.75, 3.05) is 13.2 Å². The highest BCUT2D eigenvalue weighted by Gasteiger charge is 2.28. The number of amides is 2. The monoisotopic (exact) mass is 458 g/mol. The first-order chi connectivity index (χ1) is 15.1. The molecule has 1 atom stereocenters. The van der Waals surface area contributed by atoms with Crippen LogP contribution in [0.4, 0.5) is 0 Å². The van der Waals surface area contributed by atoms with Gasteiger partial charge in [-0.3, -0.25) is 9.59 Å². The van der Waals surface area contributed by atoms with Crippen LogP contribution in [0.2, 0.25) is 5.02 Å². The molecule has 0 aliphatic carbocycles. The standard InChI is InChI=1S/C25H31ClN2O4/c1-17(24(30)27-25(2,3)4)28(16-19-6-5-7-20(26)14-19)23(29)11-9-18-8-10-21-22(15-18)32-13-12-31-21/h5-8,10,14-15,17H,9,11-13,16H2,1-4H3,(H,27,30)/t17-/m1/s1. The lowest BCUT2D eigenvalue weighted by Crippen LogP contribution is -2.52. The van der Waals surface area contributed by atoms with Gasteiger partial charge in [-0.2, -0.15) is 0 Å². The van der Waals surface area contributed by atoms with Crippen molar-refractivity contribution < 1.29 is 19.1 Å². The SMILES string of the molecule is C[C@H](C(=O)NC(C)(C)C)N(Cc1cccc(Cl)c1)C(=O)CCc1ccc2c(c1)OCCO2. The van der Waals surface area contributed by atoms with Crippen LogP contribution in [0.3, 0.4) is 0 Å². The number of ether oxygens (including phenoxy) is 2. The van der Waals surface area contributed by atoms with Crippen LogP contribution in [-0.2, 0) is 22.6 Å². The maximum absolute atomic E-state index is 13.3. The van der Waals surface area contributed by atoms with E-state index in [-0.39, 0.29) is 23.8 Å². The van der Waals surface area contributed by atoms with Crippen molar-refractivity contribution in [2.24, 2.45) is 0 Å². The summed E-state index contributed by atoms with van der Waals surface area (Å²) in [6, 6.07) is 12.5. The maximum Gasteiger partial charge on any atom is 0.242 e. The molecule has 0 bridgehead atoms. The van der Waals surface area contributed by atoms with Crippen molar-refractivity contribution in [3.05, 3.63) is 58.6 Å². The molecule has 172 valence electrons. The summed E-state index contributed by atoms with van der Waals surface area (Å²) >= 11 is 6.13. The molecule has 3 rings (SSSR count). The normalized spacial score (nSPS) is 13.9. The van der Waals surface area contributed by atoms with Crippen LogP contribution in [-0.4, -0.2) is 41.5 Å². The van der Waals surface area contributed by atoms with E-state index < -0.39 is 6.04 Å². The Morgan fingerprint density at radius 2 is 1.78 bits per heavy atom. The zero-order chi connectivity index (χ0) is 23.3. The van der Waals surface area contributed by atoms with E-state index >= 15 is 0 Å². The predicted molar refractivity (Wildman–Crippen MR) is 125 cm³/mol. The van der Waals surface area contributed by atoms with E-state index in [2.05, 4.69) is 5.32 Å². The highest BCUT2D eigenvalue weighted by molar-refractivity contribution is 6.30. The highest BCUT2D eigenvalue weighted by atomic mass is 35.5. The Kier molecular flexibility index (Phi) is 7.67. The second-order valence-electron chi connectivity index (χ2n) is 9.04. The van der Waals surface area contributed by atoms with Crippen LogP contribution in [0.1, 0.15) is 45.2 Å². The van der Waals surface area contributed by atoms with Gasteiger partial charge in [-0.25, -0.2) is 0 Å². The minimum Gasteiger partial charge on any atom is -0.486 e. The first-order valence-corrected chi connectivity index (χ1v) is 11.2. The molecule has 0 fully saturated rings. The van der Waals surface area contributed by atoms with E-state index in [1.165, 1.54) is 0 Å². The summed E-state index contributed by atoms with van der Waals surface area (Å²) in [6.07, 6.45) is 0.808. The first-order valence-electron chi connectivity index (χ1n) is 10.9. The Hall–Kier alpha value is -2.73. The van der Waals surface area contributed by atoms with E-state index in [0.717, 1.165) is 16.9 Å². The van der Waals surface area contributed by atoms with Crippen molar-refractivity contribution in [1.82, 2.24) is 10.2 Å². The second-order valence-corrected chi connectivity index (χ2v) is 9.48. The van der Waals surface area contributed by atoms with Crippen molar-refractivity contribution in [3.8, 4) is 11.5 Å². The lowest BCUT2D eigenvalue weighted by atomic mass is 10.1. The molecule has 0 saturated carbocycles. The Bertz CT molecular complexity index is 971. The third-order valence-electron chi connectivity index (χ3n) is 5.14. The lowest BCUT2D eigenvalue weighted by Gasteiger charge is -2.31. The number of carbonyl (C=O) groups is 2. The second kappa shape index (κ2) is 10.3. The van der Waals surface area contributed by atoms with E-state index in [4.69, 9.17) is 21.1 Å². The summed E-state index contributed by atoms with van der Waals surface area (Å²) < 4.78 is 11.2. The largest absolute Gasteiger partial charge is 0.486 e. The molecular formula is C25H31ClN2O4. The van der Waals surface area contributed by atoms with Crippen molar-refractivity contribution in [3.63, 3.8) is 0 Å². The molecule has 1 N–H and O–H groups in total. The van der Waals surface area contributed by atoms with Crippen LogP contribution < -0.4 is 14.8 Å². The number of halogens is 1. The number of hydrogen-bond donors (Lipinski definition) is 1. The fraction of sp³-hybridized carbons (Fsp3) is 0.440. The van der Waals surface area contributed by atoms with Gasteiger partial charge in [0.05, 0.1) is 0 Å². The summed E-state index contributed by atoms with van der Waals surface area (Å²) in [5.41, 5.74) is 1.47. The number of nitrogens with zero attached hydrogens (tertiary/aromatic N) is 1. The van der Waals surface area contributed by atoms with Crippen molar-refractivity contribution in [2.45, 2.75) is 58.7 Å². The van der Waals surface area contributed by atoms with Gasteiger partial charge < -0.3 is 19.7 Å². The molecule has 0 radical (unpaired) electrons. The summed E-state index contributed by atoms with van der Waals surface area (Å²) in [5, 5.41) is 3.57. The maximum atomic E-state index is 13.3. The minimum absolute atomic E-state index is 0.101. The molecular weight excluding hydrogens is 428 g/mol. The van der Waals surface area contributed by atoms with Gasteiger partial charge in [-0.05, 0) is 69.5 Å². The topological polar surface area (TPSA) is 67.9 Å². The van der Waals surface area contributed by atoms with E-state index in [1.807, 2.05) is 57.2 Å². The molecule has 2 aromatic rings. The first kappa shape index (κ1) is 23.9. The van der Waals surface area contributed by atoms with Crippen LogP contribution >= 0.6 is 11.6 Å². The van der Waals surface area contributed by atoms with Crippen LogP contribution in [0.15, 0.2) is 42.5 Å². The predicted octanol–water partition coefficient (Wildman–Crippen LogP) is 4.38. The Morgan fingerprint density at radius 3 is 2.47 bits per heavy atom. The molecule has 0 saturated heterocycles. The molecule has 1 aliphatic rings. The number of rotatable bonds is 7. The Labute approximate surface area is 194 Å². The molecule has 2 amide bonds. The molecule has 1 aliphatic heterocycles. The van der Waals surface area contributed by atoms with Gasteiger partial charge in [0.1, 0.15) is 19.3 Å². The molecule has 1 heterocycles. The van der Waals surface area contributed by atoms with Crippen LogP contribution in [0.25, 0.3) is 0 Å². The average molecular weight is 459 g/mol. The third-order valence-corrected chi connectivity index (χ3v) is 5.38. The average Bonchev–Trinajstić information content (AvgIpc) is 2.74. The smallest absolute Gasteiger partial charge is 0.242 e. The molecule has 0 aromatic heterocycles. The van der Waals surface area contributed by atoms with Gasteiger partial charge in [-0.15, -0.1) is 0 Å². The summed E-state index contributed by atoms with van der Waals surface area (Å²) in [5.74, 6) is 1.14. The molecule has 6 nitrogen and oxygen atoms in total. The molecule has 32 heavy (non-hydrogen) atoms. The number of hydrogen-bond acceptors (Lipinski definition) is 4.